The lowest BCUT2D eigenvalue weighted by Gasteiger charge is -1.87. The summed E-state index contributed by atoms with van der Waals surface area (Å²) in [6.07, 6.45) is 0. The van der Waals surface area contributed by atoms with Crippen LogP contribution in [0.5, 0.6) is 0 Å². The average molecular weight is 217 g/mol. The van der Waals surface area contributed by atoms with Gasteiger partial charge >= 0.3 is 0 Å². The van der Waals surface area contributed by atoms with Gasteiger partial charge in [-0.2, -0.15) is 12.6 Å². The van der Waals surface area contributed by atoms with Gasteiger partial charge in [0.15, 0.2) is 0 Å². The highest BCUT2D eigenvalue weighted by Gasteiger charge is 1.87. The SMILES string of the molecule is Cc1ccc(F)cc1.O=C(CS)NO. The molecule has 0 radical (unpaired) electrons. The van der Waals surface area contributed by atoms with Crippen molar-refractivity contribution in [1.82, 2.24) is 5.48 Å². The van der Waals surface area contributed by atoms with Crippen molar-refractivity contribution in [1.29, 1.82) is 0 Å². The number of nitrogens with one attached hydrogen (secondary N) is 1. The van der Waals surface area contributed by atoms with Crippen LogP contribution in [0.25, 0.3) is 0 Å². The molecule has 0 saturated heterocycles. The molecule has 1 amide bonds. The molecule has 1 rings (SSSR count). The Hall–Kier alpha value is -1.07. The van der Waals surface area contributed by atoms with Gasteiger partial charge in [0.2, 0.25) is 0 Å². The number of hydroxylamine groups is 1. The summed E-state index contributed by atoms with van der Waals surface area (Å²) in [5.41, 5.74) is 2.49. The molecule has 0 aliphatic rings. The Balaban J connectivity index is 0.000000255. The number of amides is 1. The number of aryl methyl sites for hydroxylation is 1. The zero-order valence-corrected chi connectivity index (χ0v) is 8.59. The number of carbonyl (C=O) groups is 1. The number of carbonyl (C=O) groups excluding carboxylic acids is 1. The zero-order chi connectivity index (χ0) is 11.0. The van der Waals surface area contributed by atoms with E-state index >= 15 is 0 Å². The van der Waals surface area contributed by atoms with E-state index in [1.165, 1.54) is 17.6 Å². The molecule has 0 bridgehead atoms. The van der Waals surface area contributed by atoms with Crippen LogP contribution in [0.3, 0.4) is 0 Å². The number of thiol groups is 1. The van der Waals surface area contributed by atoms with Crippen molar-refractivity contribution in [3.63, 3.8) is 0 Å². The fourth-order valence-corrected chi connectivity index (χ4v) is 0.639. The normalized spacial score (nSPS) is 8.57. The lowest BCUT2D eigenvalue weighted by Crippen LogP contribution is -2.19. The molecule has 1 aromatic rings. The largest absolute Gasteiger partial charge is 0.289 e. The smallest absolute Gasteiger partial charge is 0.253 e. The van der Waals surface area contributed by atoms with Crippen LogP contribution in [0.4, 0.5) is 4.39 Å². The van der Waals surface area contributed by atoms with Gasteiger partial charge in [-0.3, -0.25) is 10.0 Å². The van der Waals surface area contributed by atoms with Gasteiger partial charge in [0.25, 0.3) is 5.91 Å². The van der Waals surface area contributed by atoms with Crippen molar-refractivity contribution in [3.05, 3.63) is 35.6 Å². The van der Waals surface area contributed by atoms with E-state index in [1.807, 2.05) is 6.92 Å². The molecule has 3 nitrogen and oxygen atoms in total. The van der Waals surface area contributed by atoms with E-state index in [0.717, 1.165) is 5.56 Å². The molecule has 0 atom stereocenters. The summed E-state index contributed by atoms with van der Waals surface area (Å²) in [6, 6.07) is 6.40. The fraction of sp³-hybridized carbons (Fsp3) is 0.222. The zero-order valence-electron chi connectivity index (χ0n) is 7.70. The standard InChI is InChI=1S/C7H7F.C2H5NO2S/c1-6-2-4-7(8)5-3-6;4-2(1-6)3-5/h2-5H,1H3;5-6H,1H2,(H,3,4). The Morgan fingerprint density at radius 2 is 2.00 bits per heavy atom. The number of hydrogen-bond donors (Lipinski definition) is 3. The van der Waals surface area contributed by atoms with Crippen LogP contribution in [0.15, 0.2) is 24.3 Å². The van der Waals surface area contributed by atoms with Crippen LogP contribution in [-0.4, -0.2) is 16.9 Å². The minimum absolute atomic E-state index is 0.0243. The summed E-state index contributed by atoms with van der Waals surface area (Å²) < 4.78 is 12.1. The van der Waals surface area contributed by atoms with Gasteiger partial charge in [0.1, 0.15) is 5.82 Å². The molecule has 0 aliphatic carbocycles. The predicted octanol–water partition coefficient (Wildman–Crippen LogP) is 1.56. The lowest BCUT2D eigenvalue weighted by atomic mass is 10.2. The molecule has 0 aliphatic heterocycles. The first-order chi connectivity index (χ1) is 6.60. The third-order valence-corrected chi connectivity index (χ3v) is 1.57. The Morgan fingerprint density at radius 3 is 2.21 bits per heavy atom. The van der Waals surface area contributed by atoms with E-state index in [4.69, 9.17) is 5.21 Å². The Kier molecular flexibility index (Phi) is 6.78. The molecule has 78 valence electrons. The Morgan fingerprint density at radius 1 is 1.50 bits per heavy atom. The van der Waals surface area contributed by atoms with Crippen LogP contribution in [0.1, 0.15) is 5.56 Å². The van der Waals surface area contributed by atoms with Gasteiger partial charge in [-0.15, -0.1) is 0 Å². The third kappa shape index (κ3) is 6.45. The first-order valence-electron chi connectivity index (χ1n) is 3.86. The molecule has 0 heterocycles. The van der Waals surface area contributed by atoms with Crippen LogP contribution in [0, 0.1) is 12.7 Å². The molecule has 14 heavy (non-hydrogen) atoms. The molecule has 0 fully saturated rings. The molecule has 0 spiro atoms. The summed E-state index contributed by atoms with van der Waals surface area (Å²) in [5.74, 6) is -0.634. The van der Waals surface area contributed by atoms with Crippen molar-refractivity contribution in [3.8, 4) is 0 Å². The van der Waals surface area contributed by atoms with E-state index in [-0.39, 0.29) is 11.6 Å². The van der Waals surface area contributed by atoms with Crippen molar-refractivity contribution >= 4 is 18.5 Å². The summed E-state index contributed by atoms with van der Waals surface area (Å²) in [4.78, 5) is 9.74. The molecule has 0 unspecified atom stereocenters. The highest BCUT2D eigenvalue weighted by molar-refractivity contribution is 7.81. The van der Waals surface area contributed by atoms with Gasteiger partial charge in [-0.1, -0.05) is 17.7 Å². The Labute approximate surface area is 87.3 Å². The second-order valence-electron chi connectivity index (χ2n) is 2.49. The van der Waals surface area contributed by atoms with Crippen molar-refractivity contribution < 1.29 is 14.4 Å². The van der Waals surface area contributed by atoms with E-state index in [1.54, 1.807) is 12.1 Å². The minimum Gasteiger partial charge on any atom is -0.289 e. The predicted molar refractivity (Wildman–Crippen MR) is 54.9 cm³/mol. The van der Waals surface area contributed by atoms with E-state index in [9.17, 15) is 9.18 Å². The summed E-state index contributed by atoms with van der Waals surface area (Å²) in [7, 11) is 0. The maximum atomic E-state index is 12.1. The first kappa shape index (κ1) is 12.9. The molecular weight excluding hydrogens is 205 g/mol. The van der Waals surface area contributed by atoms with Crippen LogP contribution in [-0.2, 0) is 4.79 Å². The van der Waals surface area contributed by atoms with Gasteiger partial charge in [-0.25, -0.2) is 9.87 Å². The molecule has 2 N–H and O–H groups in total. The first-order valence-corrected chi connectivity index (χ1v) is 4.49. The lowest BCUT2D eigenvalue weighted by molar-refractivity contribution is -0.126. The van der Waals surface area contributed by atoms with Crippen LogP contribution < -0.4 is 5.48 Å². The summed E-state index contributed by atoms with van der Waals surface area (Å²) in [6.45, 7) is 1.93. The topological polar surface area (TPSA) is 49.3 Å². The van der Waals surface area contributed by atoms with E-state index in [2.05, 4.69) is 12.6 Å². The highest BCUT2D eigenvalue weighted by Crippen LogP contribution is 1.98. The number of benzene rings is 1. The van der Waals surface area contributed by atoms with Crippen molar-refractivity contribution in [2.75, 3.05) is 5.75 Å². The van der Waals surface area contributed by atoms with Gasteiger partial charge in [0.05, 0.1) is 5.75 Å². The molecular formula is C9H12FNO2S. The monoisotopic (exact) mass is 217 g/mol. The molecule has 0 aromatic heterocycles. The van der Waals surface area contributed by atoms with Gasteiger partial charge in [0, 0.05) is 0 Å². The molecule has 5 heteroatoms. The van der Waals surface area contributed by atoms with E-state index in [0.29, 0.717) is 0 Å². The maximum Gasteiger partial charge on any atom is 0.253 e. The fourth-order valence-electron chi connectivity index (χ4n) is 0.569. The quantitative estimate of drug-likeness (QED) is 0.380. The number of hydrogen-bond acceptors (Lipinski definition) is 3. The summed E-state index contributed by atoms with van der Waals surface area (Å²) in [5, 5.41) is 7.69. The van der Waals surface area contributed by atoms with Crippen molar-refractivity contribution in [2.45, 2.75) is 6.92 Å². The Bertz CT molecular complexity index is 250. The highest BCUT2D eigenvalue weighted by atomic mass is 32.1. The molecule has 0 saturated carbocycles. The average Bonchev–Trinajstić information content (AvgIpc) is 2.22. The number of halogens is 1. The van der Waals surface area contributed by atoms with Crippen molar-refractivity contribution in [2.24, 2.45) is 0 Å². The van der Waals surface area contributed by atoms with Gasteiger partial charge < -0.3 is 0 Å². The van der Waals surface area contributed by atoms with Crippen LogP contribution >= 0.6 is 12.6 Å². The maximum absolute atomic E-state index is 12.1. The van der Waals surface area contributed by atoms with Gasteiger partial charge in [-0.05, 0) is 19.1 Å². The number of rotatable bonds is 1. The second-order valence-corrected chi connectivity index (χ2v) is 2.80. The minimum atomic E-state index is -0.488. The molecule has 1 aromatic carbocycles. The van der Waals surface area contributed by atoms with Crippen LogP contribution in [0.2, 0.25) is 0 Å². The van der Waals surface area contributed by atoms with E-state index < -0.39 is 5.91 Å². The summed E-state index contributed by atoms with van der Waals surface area (Å²) >= 11 is 3.52. The third-order valence-electron chi connectivity index (χ3n) is 1.28. The second kappa shape index (κ2) is 7.34.